The van der Waals surface area contributed by atoms with E-state index in [1.807, 2.05) is 6.07 Å². The van der Waals surface area contributed by atoms with Crippen LogP contribution in [0.2, 0.25) is 5.02 Å². The van der Waals surface area contributed by atoms with Gasteiger partial charge in [0.2, 0.25) is 0 Å². The fourth-order valence-corrected chi connectivity index (χ4v) is 2.14. The second-order valence-corrected chi connectivity index (χ2v) is 5.27. The summed E-state index contributed by atoms with van der Waals surface area (Å²) in [6, 6.07) is 8.48. The highest BCUT2D eigenvalue weighted by Gasteiger charge is 2.10. The molecule has 0 aliphatic rings. The maximum absolute atomic E-state index is 12.2. The third-order valence-electron chi connectivity index (χ3n) is 3.17. The number of rotatable bonds is 7. The highest BCUT2D eigenvalue weighted by Crippen LogP contribution is 2.25. The molecule has 122 valence electrons. The van der Waals surface area contributed by atoms with Crippen molar-refractivity contribution >= 4 is 23.3 Å². The minimum absolute atomic E-state index is 0.247. The van der Waals surface area contributed by atoms with Gasteiger partial charge in [-0.25, -0.2) is 4.98 Å². The third-order valence-corrected chi connectivity index (χ3v) is 3.46. The molecule has 0 fully saturated rings. The molecule has 0 unspecified atom stereocenters. The van der Waals surface area contributed by atoms with Crippen molar-refractivity contribution in [3.8, 4) is 5.75 Å². The fourth-order valence-electron chi connectivity index (χ4n) is 1.90. The van der Waals surface area contributed by atoms with Crippen LogP contribution in [0.25, 0.3) is 0 Å². The number of nitrogen functional groups attached to an aromatic ring is 1. The third kappa shape index (κ3) is 4.84. The molecule has 1 heterocycles. The summed E-state index contributed by atoms with van der Waals surface area (Å²) in [5.74, 6) is 0.686. The smallest absolute Gasteiger partial charge is 0.251 e. The molecule has 0 saturated heterocycles. The largest absolute Gasteiger partial charge is 0.492 e. The van der Waals surface area contributed by atoms with Crippen LogP contribution in [0, 0.1) is 0 Å². The first-order chi connectivity index (χ1) is 11.1. The van der Waals surface area contributed by atoms with Crippen LogP contribution < -0.4 is 21.5 Å². The lowest BCUT2D eigenvalue weighted by molar-refractivity contribution is 0.0951. The summed E-state index contributed by atoms with van der Waals surface area (Å²) in [6.45, 7) is 1.34. The van der Waals surface area contributed by atoms with Gasteiger partial charge in [0.1, 0.15) is 11.6 Å². The van der Waals surface area contributed by atoms with E-state index in [9.17, 15) is 4.79 Å². The Labute approximate surface area is 139 Å². The van der Waals surface area contributed by atoms with Gasteiger partial charge < -0.3 is 21.5 Å². The number of nitrogens with zero attached hydrogens (tertiary/aromatic N) is 1. The predicted molar refractivity (Wildman–Crippen MR) is 90.4 cm³/mol. The van der Waals surface area contributed by atoms with Crippen LogP contribution in [0.3, 0.4) is 0 Å². The van der Waals surface area contributed by atoms with Crippen LogP contribution in [0.15, 0.2) is 36.5 Å². The Morgan fingerprint density at radius 3 is 2.87 bits per heavy atom. The Kier molecular flexibility index (Phi) is 6.19. The monoisotopic (exact) mass is 334 g/mol. The van der Waals surface area contributed by atoms with Crippen molar-refractivity contribution in [3.05, 3.63) is 52.7 Å². The Balaban J connectivity index is 1.97. The number of pyridine rings is 1. The maximum Gasteiger partial charge on any atom is 0.251 e. The summed E-state index contributed by atoms with van der Waals surface area (Å²) >= 11 is 6.13. The van der Waals surface area contributed by atoms with E-state index >= 15 is 0 Å². The number of hydrogen-bond donors (Lipinski definition) is 3. The highest BCUT2D eigenvalue weighted by molar-refractivity contribution is 6.32. The first kappa shape index (κ1) is 17.1. The molecule has 0 radical (unpaired) electrons. The SMILES string of the molecule is NCCCOc1ccc(C(=O)NCc2cccnc2N)cc1Cl. The lowest BCUT2D eigenvalue weighted by Gasteiger charge is -2.10. The van der Waals surface area contributed by atoms with Crippen molar-refractivity contribution in [3.63, 3.8) is 0 Å². The standard InChI is InChI=1S/C16H19ClN4O2/c17-13-9-11(4-5-14(13)23-8-2-6-18)16(22)21-10-12-3-1-7-20-15(12)19/h1,3-5,7,9H,2,6,8,10,18H2,(H2,19,20)(H,21,22). The van der Waals surface area contributed by atoms with Gasteiger partial charge >= 0.3 is 0 Å². The second-order valence-electron chi connectivity index (χ2n) is 4.87. The van der Waals surface area contributed by atoms with Gasteiger partial charge in [-0.1, -0.05) is 17.7 Å². The van der Waals surface area contributed by atoms with Crippen molar-refractivity contribution in [2.75, 3.05) is 18.9 Å². The van der Waals surface area contributed by atoms with Crippen LogP contribution in [-0.4, -0.2) is 24.0 Å². The molecular weight excluding hydrogens is 316 g/mol. The number of amides is 1. The van der Waals surface area contributed by atoms with Crippen LogP contribution in [-0.2, 0) is 6.54 Å². The van der Waals surface area contributed by atoms with Gasteiger partial charge in [-0.15, -0.1) is 0 Å². The molecule has 0 aliphatic heterocycles. The summed E-state index contributed by atoms with van der Waals surface area (Å²) in [4.78, 5) is 16.1. The molecule has 0 aliphatic carbocycles. The normalized spacial score (nSPS) is 10.3. The van der Waals surface area contributed by atoms with Crippen molar-refractivity contribution < 1.29 is 9.53 Å². The summed E-state index contributed by atoms with van der Waals surface area (Å²) in [6.07, 6.45) is 2.34. The zero-order valence-corrected chi connectivity index (χ0v) is 13.3. The fraction of sp³-hybridized carbons (Fsp3) is 0.250. The zero-order valence-electron chi connectivity index (χ0n) is 12.6. The number of benzene rings is 1. The van der Waals surface area contributed by atoms with Crippen LogP contribution in [0.5, 0.6) is 5.75 Å². The van der Waals surface area contributed by atoms with Gasteiger partial charge in [-0.3, -0.25) is 4.79 Å². The molecule has 1 aromatic carbocycles. The molecule has 0 bridgehead atoms. The number of nitrogens with two attached hydrogens (primary N) is 2. The molecule has 23 heavy (non-hydrogen) atoms. The number of halogens is 1. The first-order valence-electron chi connectivity index (χ1n) is 7.22. The number of aromatic nitrogens is 1. The van der Waals surface area contributed by atoms with E-state index in [4.69, 9.17) is 27.8 Å². The number of hydrogen-bond acceptors (Lipinski definition) is 5. The van der Waals surface area contributed by atoms with Gasteiger partial charge in [0.15, 0.2) is 0 Å². The summed E-state index contributed by atoms with van der Waals surface area (Å²) in [5.41, 5.74) is 12.4. The predicted octanol–water partition coefficient (Wildman–Crippen LogP) is 1.97. The molecule has 7 heteroatoms. The number of ether oxygens (including phenoxy) is 1. The highest BCUT2D eigenvalue weighted by atomic mass is 35.5. The Hall–Kier alpha value is -2.31. The Bertz CT molecular complexity index is 679. The molecule has 2 rings (SSSR count). The van der Waals surface area contributed by atoms with Gasteiger partial charge in [-0.2, -0.15) is 0 Å². The summed E-state index contributed by atoms with van der Waals surface area (Å²) in [5, 5.41) is 3.16. The van der Waals surface area contributed by atoms with Crippen molar-refractivity contribution in [2.24, 2.45) is 5.73 Å². The van der Waals surface area contributed by atoms with E-state index in [1.165, 1.54) is 0 Å². The Morgan fingerprint density at radius 1 is 1.35 bits per heavy atom. The van der Waals surface area contributed by atoms with E-state index in [0.29, 0.717) is 41.8 Å². The van der Waals surface area contributed by atoms with Crippen LogP contribution in [0.4, 0.5) is 5.82 Å². The first-order valence-corrected chi connectivity index (χ1v) is 7.59. The van der Waals surface area contributed by atoms with Gasteiger partial charge in [0.25, 0.3) is 5.91 Å². The van der Waals surface area contributed by atoms with Crippen molar-refractivity contribution in [1.82, 2.24) is 10.3 Å². The molecule has 0 spiro atoms. The topological polar surface area (TPSA) is 103 Å². The van der Waals surface area contributed by atoms with Crippen molar-refractivity contribution in [1.29, 1.82) is 0 Å². The molecule has 6 nitrogen and oxygen atoms in total. The zero-order chi connectivity index (χ0) is 16.7. The Morgan fingerprint density at radius 2 is 2.17 bits per heavy atom. The molecule has 5 N–H and O–H groups in total. The lowest BCUT2D eigenvalue weighted by Crippen LogP contribution is -2.23. The van der Waals surface area contributed by atoms with Crippen LogP contribution >= 0.6 is 11.6 Å². The van der Waals surface area contributed by atoms with E-state index in [0.717, 1.165) is 12.0 Å². The maximum atomic E-state index is 12.2. The van der Waals surface area contributed by atoms with E-state index < -0.39 is 0 Å². The number of carbonyl (C=O) groups excluding carboxylic acids is 1. The summed E-state index contributed by atoms with van der Waals surface area (Å²) in [7, 11) is 0. The molecule has 1 amide bonds. The number of nitrogens with one attached hydrogen (secondary N) is 1. The van der Waals surface area contributed by atoms with Crippen LogP contribution in [0.1, 0.15) is 22.3 Å². The lowest BCUT2D eigenvalue weighted by atomic mass is 10.2. The molecule has 0 saturated carbocycles. The van der Waals surface area contributed by atoms with E-state index in [1.54, 1.807) is 30.5 Å². The minimum atomic E-state index is -0.247. The average Bonchev–Trinajstić information content (AvgIpc) is 2.55. The molecule has 2 aromatic rings. The van der Waals surface area contributed by atoms with E-state index in [-0.39, 0.29) is 5.91 Å². The minimum Gasteiger partial charge on any atom is -0.492 e. The molecule has 0 atom stereocenters. The van der Waals surface area contributed by atoms with E-state index in [2.05, 4.69) is 10.3 Å². The number of carbonyl (C=O) groups is 1. The second kappa shape index (κ2) is 8.36. The summed E-state index contributed by atoms with van der Waals surface area (Å²) < 4.78 is 5.49. The number of anilines is 1. The van der Waals surface area contributed by atoms with Gasteiger partial charge in [-0.05, 0) is 37.2 Å². The quantitative estimate of drug-likeness (QED) is 0.672. The average molecular weight is 335 g/mol. The van der Waals surface area contributed by atoms with Gasteiger partial charge in [0.05, 0.1) is 11.6 Å². The van der Waals surface area contributed by atoms with Gasteiger partial charge in [0, 0.05) is 23.9 Å². The molecule has 1 aromatic heterocycles. The molecular formula is C16H19ClN4O2. The van der Waals surface area contributed by atoms with Crippen molar-refractivity contribution in [2.45, 2.75) is 13.0 Å².